The van der Waals surface area contributed by atoms with Crippen molar-refractivity contribution >= 4 is 22.7 Å². The maximum Gasteiger partial charge on any atom is 0.339 e. The Morgan fingerprint density at radius 2 is 1.83 bits per heavy atom. The van der Waals surface area contributed by atoms with Crippen LogP contribution in [-0.2, 0) is 13.1 Å². The van der Waals surface area contributed by atoms with Crippen molar-refractivity contribution in [3.8, 4) is 5.75 Å². The molecule has 2 heterocycles. The van der Waals surface area contributed by atoms with E-state index in [2.05, 4.69) is 15.4 Å². The molecular weight excluding hydrogens is 368 g/mol. The van der Waals surface area contributed by atoms with E-state index in [4.69, 9.17) is 4.74 Å². The SMILES string of the molecule is COc1ccc(Cn2ncc3c(NCc4ccccc4)c(C(=O)O)cnc32)cc1. The van der Waals surface area contributed by atoms with Crippen LogP contribution in [0.15, 0.2) is 67.0 Å². The Hall–Kier alpha value is -3.87. The normalized spacial score (nSPS) is 10.8. The van der Waals surface area contributed by atoms with Gasteiger partial charge in [0.15, 0.2) is 5.65 Å². The van der Waals surface area contributed by atoms with Gasteiger partial charge in [0.25, 0.3) is 0 Å². The molecule has 0 aliphatic heterocycles. The summed E-state index contributed by atoms with van der Waals surface area (Å²) in [6, 6.07) is 17.5. The van der Waals surface area contributed by atoms with Gasteiger partial charge < -0.3 is 15.2 Å². The molecular formula is C22H20N4O3. The number of carboxylic acid groups (broad SMARTS) is 1. The van der Waals surface area contributed by atoms with Crippen LogP contribution < -0.4 is 10.1 Å². The summed E-state index contributed by atoms with van der Waals surface area (Å²) in [5, 5.41) is 18.0. The summed E-state index contributed by atoms with van der Waals surface area (Å²) in [7, 11) is 1.63. The van der Waals surface area contributed by atoms with Crippen molar-refractivity contribution in [2.45, 2.75) is 13.1 Å². The Morgan fingerprint density at radius 1 is 1.07 bits per heavy atom. The predicted octanol–water partition coefficient (Wildman–Crippen LogP) is 3.80. The van der Waals surface area contributed by atoms with Crippen LogP contribution in [0, 0.1) is 0 Å². The molecule has 0 unspecified atom stereocenters. The van der Waals surface area contributed by atoms with Crippen LogP contribution in [0.4, 0.5) is 5.69 Å². The molecule has 4 rings (SSSR count). The molecule has 7 nitrogen and oxygen atoms in total. The molecule has 2 N–H and O–H groups in total. The standard InChI is InChI=1S/C22H20N4O3/c1-29-17-9-7-16(8-10-17)14-26-21-18(13-25-26)20(19(12-24-21)22(27)28)23-11-15-5-3-2-4-6-15/h2-10,12-13H,11,14H2,1H3,(H,23,24)(H,27,28). The number of anilines is 1. The number of ether oxygens (including phenoxy) is 1. The Bertz CT molecular complexity index is 1140. The highest BCUT2D eigenvalue weighted by molar-refractivity contribution is 6.03. The van der Waals surface area contributed by atoms with Gasteiger partial charge in [0.2, 0.25) is 0 Å². The minimum Gasteiger partial charge on any atom is -0.497 e. The lowest BCUT2D eigenvalue weighted by molar-refractivity contribution is 0.0697. The average molecular weight is 388 g/mol. The predicted molar refractivity (Wildman–Crippen MR) is 110 cm³/mol. The van der Waals surface area contributed by atoms with Crippen LogP contribution >= 0.6 is 0 Å². The first-order valence-electron chi connectivity index (χ1n) is 9.14. The third-order valence-electron chi connectivity index (χ3n) is 4.70. The number of benzene rings is 2. The molecule has 0 amide bonds. The highest BCUT2D eigenvalue weighted by Gasteiger charge is 2.17. The maximum absolute atomic E-state index is 11.7. The second kappa shape index (κ2) is 8.02. The molecule has 0 radical (unpaired) electrons. The van der Waals surface area contributed by atoms with E-state index in [0.29, 0.717) is 29.8 Å². The number of carbonyl (C=O) groups is 1. The van der Waals surface area contributed by atoms with Gasteiger partial charge in [-0.2, -0.15) is 5.10 Å². The lowest BCUT2D eigenvalue weighted by Crippen LogP contribution is -2.09. The number of nitrogens with one attached hydrogen (secondary N) is 1. The van der Waals surface area contributed by atoms with Crippen molar-refractivity contribution in [1.82, 2.24) is 14.8 Å². The number of methoxy groups -OCH3 is 1. The fourth-order valence-electron chi connectivity index (χ4n) is 3.19. The molecule has 29 heavy (non-hydrogen) atoms. The fraction of sp³-hybridized carbons (Fsp3) is 0.136. The number of hydrogen-bond acceptors (Lipinski definition) is 5. The molecule has 7 heteroatoms. The first-order valence-corrected chi connectivity index (χ1v) is 9.14. The highest BCUT2D eigenvalue weighted by atomic mass is 16.5. The summed E-state index contributed by atoms with van der Waals surface area (Å²) in [5.74, 6) is -0.242. The number of hydrogen-bond donors (Lipinski definition) is 2. The zero-order valence-electron chi connectivity index (χ0n) is 15.9. The zero-order chi connectivity index (χ0) is 20.2. The Kier molecular flexibility index (Phi) is 5.11. The van der Waals surface area contributed by atoms with Gasteiger partial charge in [-0.1, -0.05) is 42.5 Å². The number of fused-ring (bicyclic) bond motifs is 1. The Labute approximate surface area is 167 Å². The van der Waals surface area contributed by atoms with Crippen LogP contribution in [0.2, 0.25) is 0 Å². The summed E-state index contributed by atoms with van der Waals surface area (Å²) in [5.41, 5.74) is 3.37. The molecule has 0 saturated carbocycles. The summed E-state index contributed by atoms with van der Waals surface area (Å²) >= 11 is 0. The molecule has 0 spiro atoms. The van der Waals surface area contributed by atoms with E-state index >= 15 is 0 Å². The van der Waals surface area contributed by atoms with Gasteiger partial charge >= 0.3 is 5.97 Å². The van der Waals surface area contributed by atoms with E-state index < -0.39 is 5.97 Å². The summed E-state index contributed by atoms with van der Waals surface area (Å²) in [6.07, 6.45) is 3.04. The smallest absolute Gasteiger partial charge is 0.339 e. The molecule has 0 aliphatic carbocycles. The second-order valence-electron chi connectivity index (χ2n) is 6.58. The van der Waals surface area contributed by atoms with Crippen molar-refractivity contribution in [2.75, 3.05) is 12.4 Å². The van der Waals surface area contributed by atoms with Gasteiger partial charge in [-0.25, -0.2) is 14.5 Å². The quantitative estimate of drug-likeness (QED) is 0.501. The van der Waals surface area contributed by atoms with Gasteiger partial charge in [-0.3, -0.25) is 0 Å². The van der Waals surface area contributed by atoms with E-state index in [0.717, 1.165) is 16.9 Å². The monoisotopic (exact) mass is 388 g/mol. The van der Waals surface area contributed by atoms with Gasteiger partial charge in [-0.05, 0) is 23.3 Å². The first-order chi connectivity index (χ1) is 14.2. The molecule has 0 atom stereocenters. The van der Waals surface area contributed by atoms with E-state index in [1.54, 1.807) is 18.0 Å². The zero-order valence-corrected chi connectivity index (χ0v) is 15.9. The number of pyridine rings is 1. The molecule has 4 aromatic rings. The third-order valence-corrected chi connectivity index (χ3v) is 4.70. The van der Waals surface area contributed by atoms with E-state index in [1.807, 2.05) is 54.6 Å². The van der Waals surface area contributed by atoms with Crippen molar-refractivity contribution in [2.24, 2.45) is 0 Å². The van der Waals surface area contributed by atoms with Gasteiger partial charge in [0.1, 0.15) is 11.3 Å². The Balaban J connectivity index is 1.67. The largest absolute Gasteiger partial charge is 0.497 e. The topological polar surface area (TPSA) is 89.3 Å². The van der Waals surface area contributed by atoms with Crippen molar-refractivity contribution < 1.29 is 14.6 Å². The number of aromatic nitrogens is 3. The molecule has 146 valence electrons. The number of aromatic carboxylic acids is 1. The molecule has 0 aliphatic rings. The Morgan fingerprint density at radius 3 is 2.52 bits per heavy atom. The molecule has 0 saturated heterocycles. The minimum atomic E-state index is -1.03. The van der Waals surface area contributed by atoms with E-state index in [1.165, 1.54) is 6.20 Å². The molecule has 0 bridgehead atoms. The molecule has 2 aromatic carbocycles. The number of rotatable bonds is 7. The first kappa shape index (κ1) is 18.5. The second-order valence-corrected chi connectivity index (χ2v) is 6.58. The highest BCUT2D eigenvalue weighted by Crippen LogP contribution is 2.27. The summed E-state index contributed by atoms with van der Waals surface area (Å²) in [6.45, 7) is 1.02. The van der Waals surface area contributed by atoms with Gasteiger partial charge in [0, 0.05) is 12.7 Å². The van der Waals surface area contributed by atoms with Crippen LogP contribution in [0.25, 0.3) is 11.0 Å². The maximum atomic E-state index is 11.7. The van der Waals surface area contributed by atoms with Crippen molar-refractivity contribution in [1.29, 1.82) is 0 Å². The fourth-order valence-corrected chi connectivity index (χ4v) is 3.19. The van der Waals surface area contributed by atoms with Gasteiger partial charge in [0.05, 0.1) is 30.9 Å². The van der Waals surface area contributed by atoms with Crippen LogP contribution in [0.5, 0.6) is 5.75 Å². The van der Waals surface area contributed by atoms with Crippen LogP contribution in [0.1, 0.15) is 21.5 Å². The lowest BCUT2D eigenvalue weighted by Gasteiger charge is -2.11. The molecule has 0 fully saturated rings. The number of carboxylic acids is 1. The van der Waals surface area contributed by atoms with Crippen LogP contribution in [0.3, 0.4) is 0 Å². The number of nitrogens with zero attached hydrogens (tertiary/aromatic N) is 3. The lowest BCUT2D eigenvalue weighted by atomic mass is 10.1. The van der Waals surface area contributed by atoms with Crippen molar-refractivity contribution in [3.63, 3.8) is 0 Å². The van der Waals surface area contributed by atoms with E-state index in [9.17, 15) is 9.90 Å². The summed E-state index contributed by atoms with van der Waals surface area (Å²) in [4.78, 5) is 16.1. The summed E-state index contributed by atoms with van der Waals surface area (Å²) < 4.78 is 6.95. The van der Waals surface area contributed by atoms with Crippen molar-refractivity contribution in [3.05, 3.63) is 83.7 Å². The van der Waals surface area contributed by atoms with Gasteiger partial charge in [-0.15, -0.1) is 0 Å². The van der Waals surface area contributed by atoms with Crippen LogP contribution in [-0.4, -0.2) is 33.0 Å². The molecule has 2 aromatic heterocycles. The van der Waals surface area contributed by atoms with E-state index in [-0.39, 0.29) is 5.56 Å². The minimum absolute atomic E-state index is 0.123. The third kappa shape index (κ3) is 3.89. The average Bonchev–Trinajstić information content (AvgIpc) is 3.16.